The summed E-state index contributed by atoms with van der Waals surface area (Å²) in [6.45, 7) is 0. The molecule has 20 heavy (non-hydrogen) atoms. The van der Waals surface area contributed by atoms with Crippen LogP contribution in [0.15, 0.2) is 23.1 Å². The molecule has 3 N–H and O–H groups in total. The lowest BCUT2D eigenvalue weighted by Gasteiger charge is -2.17. The van der Waals surface area contributed by atoms with Crippen LogP contribution in [0.2, 0.25) is 0 Å². The number of hydrogen-bond donors (Lipinski definition) is 2. The van der Waals surface area contributed by atoms with Crippen LogP contribution in [0.3, 0.4) is 0 Å². The Labute approximate surface area is 119 Å². The third-order valence-electron chi connectivity index (χ3n) is 3.61. The molecule has 6 heteroatoms. The Morgan fingerprint density at radius 2 is 1.85 bits per heavy atom. The lowest BCUT2D eigenvalue weighted by molar-refractivity contribution is 0.510. The maximum absolute atomic E-state index is 12.4. The molecule has 2 rings (SSSR count). The van der Waals surface area contributed by atoms with E-state index in [1.54, 1.807) is 0 Å². The fourth-order valence-electron chi connectivity index (χ4n) is 2.54. The average Bonchev–Trinajstić information content (AvgIpc) is 2.66. The number of rotatable bonds is 3. The Morgan fingerprint density at radius 3 is 2.40 bits per heavy atom. The number of sulfonamides is 1. The van der Waals surface area contributed by atoms with Gasteiger partial charge in [-0.2, -0.15) is 5.26 Å². The van der Waals surface area contributed by atoms with E-state index < -0.39 is 10.0 Å². The van der Waals surface area contributed by atoms with Crippen LogP contribution in [-0.2, 0) is 10.0 Å². The molecule has 1 saturated carbocycles. The average molecular weight is 293 g/mol. The van der Waals surface area contributed by atoms with E-state index in [1.165, 1.54) is 18.2 Å². The van der Waals surface area contributed by atoms with E-state index in [1.807, 2.05) is 6.07 Å². The van der Waals surface area contributed by atoms with E-state index in [9.17, 15) is 8.42 Å². The van der Waals surface area contributed by atoms with Crippen molar-refractivity contribution < 1.29 is 8.42 Å². The van der Waals surface area contributed by atoms with Gasteiger partial charge in [0.25, 0.3) is 0 Å². The molecular formula is C14H19N3O2S. The molecule has 0 atom stereocenters. The van der Waals surface area contributed by atoms with Crippen molar-refractivity contribution in [2.75, 3.05) is 5.73 Å². The normalized spacial score (nSPS) is 17.4. The number of anilines is 1. The van der Waals surface area contributed by atoms with Crippen molar-refractivity contribution in [3.8, 4) is 6.07 Å². The van der Waals surface area contributed by atoms with Gasteiger partial charge in [-0.05, 0) is 31.0 Å². The number of nitrogens with one attached hydrogen (secondary N) is 1. The van der Waals surface area contributed by atoms with Gasteiger partial charge in [-0.1, -0.05) is 25.7 Å². The predicted molar refractivity (Wildman–Crippen MR) is 77.4 cm³/mol. The van der Waals surface area contributed by atoms with Crippen molar-refractivity contribution in [2.45, 2.75) is 49.5 Å². The molecule has 1 fully saturated rings. The van der Waals surface area contributed by atoms with E-state index in [0.717, 1.165) is 38.5 Å². The highest BCUT2D eigenvalue weighted by molar-refractivity contribution is 7.89. The summed E-state index contributed by atoms with van der Waals surface area (Å²) < 4.78 is 27.5. The fourth-order valence-corrected chi connectivity index (χ4v) is 3.96. The highest BCUT2D eigenvalue weighted by atomic mass is 32.2. The number of nitrogen functional groups attached to an aromatic ring is 1. The summed E-state index contributed by atoms with van der Waals surface area (Å²) in [5.41, 5.74) is 6.22. The van der Waals surface area contributed by atoms with Crippen molar-refractivity contribution in [3.05, 3.63) is 23.8 Å². The van der Waals surface area contributed by atoms with E-state index in [4.69, 9.17) is 11.0 Å². The van der Waals surface area contributed by atoms with Gasteiger partial charge >= 0.3 is 0 Å². The maximum atomic E-state index is 12.4. The molecule has 0 aliphatic heterocycles. The lowest BCUT2D eigenvalue weighted by atomic mass is 10.1. The summed E-state index contributed by atoms with van der Waals surface area (Å²) in [5.74, 6) is 0. The van der Waals surface area contributed by atoms with Gasteiger partial charge in [-0.3, -0.25) is 0 Å². The molecule has 0 saturated heterocycles. The predicted octanol–water partition coefficient (Wildman–Crippen LogP) is 2.14. The lowest BCUT2D eigenvalue weighted by Crippen LogP contribution is -2.34. The van der Waals surface area contributed by atoms with Gasteiger partial charge in [-0.25, -0.2) is 13.1 Å². The summed E-state index contributed by atoms with van der Waals surface area (Å²) in [4.78, 5) is 0.0562. The zero-order chi connectivity index (χ0) is 14.6. The molecule has 108 valence electrons. The highest BCUT2D eigenvalue weighted by Crippen LogP contribution is 2.23. The summed E-state index contributed by atoms with van der Waals surface area (Å²) in [5, 5.41) is 8.78. The van der Waals surface area contributed by atoms with E-state index in [0.29, 0.717) is 5.56 Å². The quantitative estimate of drug-likeness (QED) is 0.659. The first-order chi connectivity index (χ1) is 9.53. The zero-order valence-electron chi connectivity index (χ0n) is 11.3. The van der Waals surface area contributed by atoms with Crippen LogP contribution in [0.25, 0.3) is 0 Å². The first-order valence-corrected chi connectivity index (χ1v) is 8.33. The third kappa shape index (κ3) is 3.50. The summed E-state index contributed by atoms with van der Waals surface area (Å²) >= 11 is 0. The van der Waals surface area contributed by atoms with Crippen molar-refractivity contribution in [1.29, 1.82) is 5.26 Å². The molecule has 1 aliphatic carbocycles. The van der Waals surface area contributed by atoms with Gasteiger partial charge in [0.2, 0.25) is 10.0 Å². The van der Waals surface area contributed by atoms with Crippen LogP contribution in [0.1, 0.15) is 44.1 Å². The largest absolute Gasteiger partial charge is 0.398 e. The van der Waals surface area contributed by atoms with Crippen LogP contribution in [0, 0.1) is 11.3 Å². The molecule has 0 radical (unpaired) electrons. The Hall–Kier alpha value is -1.58. The van der Waals surface area contributed by atoms with Crippen LogP contribution >= 0.6 is 0 Å². The molecule has 0 aromatic heterocycles. The number of benzene rings is 1. The first kappa shape index (κ1) is 14.8. The Kier molecular flexibility index (Phi) is 4.63. The smallest absolute Gasteiger partial charge is 0.242 e. The molecule has 5 nitrogen and oxygen atoms in total. The topological polar surface area (TPSA) is 96.0 Å². The Morgan fingerprint density at radius 1 is 1.20 bits per heavy atom. The first-order valence-electron chi connectivity index (χ1n) is 6.85. The zero-order valence-corrected chi connectivity index (χ0v) is 12.1. The molecule has 0 heterocycles. The summed E-state index contributed by atoms with van der Waals surface area (Å²) in [7, 11) is -3.62. The molecular weight excluding hydrogens is 274 g/mol. The van der Waals surface area contributed by atoms with Crippen molar-refractivity contribution in [3.63, 3.8) is 0 Å². The highest BCUT2D eigenvalue weighted by Gasteiger charge is 2.23. The molecule has 0 bridgehead atoms. The van der Waals surface area contributed by atoms with Crippen LogP contribution < -0.4 is 10.5 Å². The summed E-state index contributed by atoms with van der Waals surface area (Å²) in [6.07, 6.45) is 6.17. The van der Waals surface area contributed by atoms with E-state index in [-0.39, 0.29) is 16.6 Å². The molecule has 0 amide bonds. The monoisotopic (exact) mass is 293 g/mol. The Bertz CT molecular complexity index is 612. The number of hydrogen-bond acceptors (Lipinski definition) is 4. The third-order valence-corrected chi connectivity index (χ3v) is 5.20. The van der Waals surface area contributed by atoms with Crippen LogP contribution in [-0.4, -0.2) is 14.5 Å². The van der Waals surface area contributed by atoms with Crippen molar-refractivity contribution >= 4 is 15.7 Å². The second-order valence-corrected chi connectivity index (χ2v) is 6.86. The van der Waals surface area contributed by atoms with E-state index in [2.05, 4.69) is 4.72 Å². The van der Waals surface area contributed by atoms with Crippen LogP contribution in [0.5, 0.6) is 0 Å². The van der Waals surface area contributed by atoms with Crippen molar-refractivity contribution in [1.82, 2.24) is 4.72 Å². The van der Waals surface area contributed by atoms with Gasteiger partial charge in [0, 0.05) is 6.04 Å². The minimum atomic E-state index is -3.62. The molecule has 0 spiro atoms. The van der Waals surface area contributed by atoms with Gasteiger partial charge in [-0.15, -0.1) is 0 Å². The SMILES string of the molecule is N#Cc1ccc(S(=O)(=O)NC2CCCCCC2)c(N)c1. The molecule has 1 aromatic rings. The maximum Gasteiger partial charge on any atom is 0.242 e. The minimum Gasteiger partial charge on any atom is -0.398 e. The Balaban J connectivity index is 2.19. The standard InChI is InChI=1S/C14H19N3O2S/c15-10-11-7-8-14(13(16)9-11)20(18,19)17-12-5-3-1-2-4-6-12/h7-9,12,17H,1-6,16H2. The minimum absolute atomic E-state index is 0.0162. The molecule has 1 aliphatic rings. The summed E-state index contributed by atoms with van der Waals surface area (Å²) in [6, 6.07) is 6.18. The molecule has 1 aromatic carbocycles. The second-order valence-electron chi connectivity index (χ2n) is 5.17. The van der Waals surface area contributed by atoms with Gasteiger partial charge in [0.05, 0.1) is 17.3 Å². The van der Waals surface area contributed by atoms with Gasteiger partial charge in [0.1, 0.15) is 4.90 Å². The molecule has 0 unspecified atom stereocenters. The number of nitrogens with two attached hydrogens (primary N) is 1. The second kappa shape index (κ2) is 6.25. The van der Waals surface area contributed by atoms with Crippen LogP contribution in [0.4, 0.5) is 5.69 Å². The number of nitrogens with zero attached hydrogens (tertiary/aromatic N) is 1. The van der Waals surface area contributed by atoms with E-state index >= 15 is 0 Å². The van der Waals surface area contributed by atoms with Gasteiger partial charge < -0.3 is 5.73 Å². The fraction of sp³-hybridized carbons (Fsp3) is 0.500. The number of nitriles is 1. The van der Waals surface area contributed by atoms with Crippen molar-refractivity contribution in [2.24, 2.45) is 0 Å². The van der Waals surface area contributed by atoms with Gasteiger partial charge in [0.15, 0.2) is 0 Å².